The highest BCUT2D eigenvalue weighted by Gasteiger charge is 2.30. The normalized spacial score (nSPS) is 14.4. The van der Waals surface area contributed by atoms with Crippen LogP contribution in [0.25, 0.3) is 0 Å². The second kappa shape index (κ2) is 54.7. The number of rotatable bonds is 61. The van der Waals surface area contributed by atoms with E-state index in [2.05, 4.69) is 41.5 Å². The lowest BCUT2D eigenvalue weighted by Crippen LogP contribution is -2.30. The highest BCUT2D eigenvalue weighted by molar-refractivity contribution is 7.47. The number of phosphoric acid groups is 2. The Morgan fingerprint density at radius 1 is 0.333 bits per heavy atom. The van der Waals surface area contributed by atoms with Crippen molar-refractivity contribution in [2.45, 2.75) is 323 Å². The average Bonchev–Trinajstić information content (AvgIpc) is 3.42. The Kier molecular flexibility index (Phi) is 53.4. The van der Waals surface area contributed by atoms with Gasteiger partial charge in [0.05, 0.1) is 26.4 Å². The Morgan fingerprint density at radius 3 is 0.840 bits per heavy atom. The minimum atomic E-state index is -4.94. The van der Waals surface area contributed by atoms with Gasteiger partial charge in [-0.2, -0.15) is 0 Å². The lowest BCUT2D eigenvalue weighted by Gasteiger charge is -2.21. The molecular formula is C62H120O17P2. The second-order valence-electron chi connectivity index (χ2n) is 23.4. The molecule has 0 aliphatic rings. The Balaban J connectivity index is 5.23. The molecule has 0 bridgehead atoms. The maximum absolute atomic E-state index is 12.9. The van der Waals surface area contributed by atoms with Crippen LogP contribution in [-0.4, -0.2) is 96.7 Å². The largest absolute Gasteiger partial charge is 0.472 e. The summed E-state index contributed by atoms with van der Waals surface area (Å²) in [4.78, 5) is 72.0. The van der Waals surface area contributed by atoms with Crippen LogP contribution in [0.2, 0.25) is 0 Å². The molecule has 81 heavy (non-hydrogen) atoms. The van der Waals surface area contributed by atoms with Gasteiger partial charge in [0.25, 0.3) is 0 Å². The summed E-state index contributed by atoms with van der Waals surface area (Å²) in [6.07, 6.45) is 36.3. The number of aliphatic hydroxyl groups is 1. The summed E-state index contributed by atoms with van der Waals surface area (Å²) in [5.74, 6) is -0.720. The van der Waals surface area contributed by atoms with Gasteiger partial charge in [-0.15, -0.1) is 0 Å². The third-order valence-electron chi connectivity index (χ3n) is 14.2. The van der Waals surface area contributed by atoms with Crippen LogP contribution in [0.5, 0.6) is 0 Å². The quantitative estimate of drug-likeness (QED) is 0.0222. The fourth-order valence-corrected chi connectivity index (χ4v) is 10.8. The van der Waals surface area contributed by atoms with Crippen molar-refractivity contribution in [2.75, 3.05) is 39.6 Å². The van der Waals surface area contributed by atoms with E-state index < -0.39 is 97.5 Å². The smallest absolute Gasteiger partial charge is 0.462 e. The molecule has 0 saturated carbocycles. The molecule has 0 heterocycles. The van der Waals surface area contributed by atoms with Crippen LogP contribution in [0.1, 0.15) is 305 Å². The molecule has 0 aromatic carbocycles. The number of hydrogen-bond acceptors (Lipinski definition) is 15. The van der Waals surface area contributed by atoms with Crippen molar-refractivity contribution in [3.05, 3.63) is 0 Å². The van der Waals surface area contributed by atoms with Crippen molar-refractivity contribution in [3.8, 4) is 0 Å². The number of carbonyl (C=O) groups excluding carboxylic acids is 4. The van der Waals surface area contributed by atoms with Gasteiger partial charge in [-0.25, -0.2) is 9.13 Å². The lowest BCUT2D eigenvalue weighted by molar-refractivity contribution is -0.161. The zero-order valence-corrected chi connectivity index (χ0v) is 53.9. The molecule has 0 fully saturated rings. The first kappa shape index (κ1) is 79.1. The summed E-state index contributed by atoms with van der Waals surface area (Å²) >= 11 is 0. The third-order valence-corrected chi connectivity index (χ3v) is 16.1. The first-order valence-corrected chi connectivity index (χ1v) is 35.5. The van der Waals surface area contributed by atoms with Crippen LogP contribution in [0.4, 0.5) is 0 Å². The van der Waals surface area contributed by atoms with Gasteiger partial charge in [0, 0.05) is 25.7 Å². The van der Waals surface area contributed by atoms with Gasteiger partial charge >= 0.3 is 39.5 Å². The molecule has 0 saturated heterocycles. The molecule has 0 aromatic heterocycles. The van der Waals surface area contributed by atoms with Crippen LogP contribution >= 0.6 is 15.6 Å². The fourth-order valence-electron chi connectivity index (χ4n) is 9.18. The Hall–Kier alpha value is -1.94. The standard InChI is InChI=1S/C62H120O17P2/c1-7-9-11-13-15-17-22-26-33-39-45-60(65)73-50-57(78-61(66)46-40-34-27-23-19-18-21-24-30-36-42-54(3)4)52-76-80(68,69)74-48-56(63)49-75-81(70,71)77-53-58(79-62(67)47-41-35-29-28-31-37-43-55(5)6)51-72-59(64)44-38-32-25-20-16-14-12-10-8-2/h54-58,63H,7-53H2,1-6H3,(H,68,69)(H,70,71)/t56-,57-,58-/m1/s1. The molecule has 0 radical (unpaired) electrons. The SMILES string of the molecule is CCCCCCCCCCCCC(=O)OC[C@H](COP(=O)(O)OC[C@@H](O)COP(=O)(O)OC[C@@H](COC(=O)CCCCCCCCCCC)OC(=O)CCCCCCCCC(C)C)OC(=O)CCCCCCCCCCCCC(C)C. The van der Waals surface area contributed by atoms with Gasteiger partial charge in [-0.3, -0.25) is 37.3 Å². The summed E-state index contributed by atoms with van der Waals surface area (Å²) in [6.45, 7) is 9.35. The summed E-state index contributed by atoms with van der Waals surface area (Å²) < 4.78 is 67.8. The van der Waals surface area contributed by atoms with Gasteiger partial charge in [-0.05, 0) is 37.5 Å². The zero-order chi connectivity index (χ0) is 60.1. The van der Waals surface area contributed by atoms with Crippen LogP contribution in [0, 0.1) is 11.8 Å². The van der Waals surface area contributed by atoms with Crippen LogP contribution < -0.4 is 0 Å². The number of hydrogen-bond donors (Lipinski definition) is 3. The summed E-state index contributed by atoms with van der Waals surface area (Å²) in [7, 11) is -9.88. The predicted molar refractivity (Wildman–Crippen MR) is 321 cm³/mol. The summed E-state index contributed by atoms with van der Waals surface area (Å²) in [5.41, 5.74) is 0. The van der Waals surface area contributed by atoms with E-state index in [1.165, 1.54) is 122 Å². The fraction of sp³-hybridized carbons (Fsp3) is 0.935. The van der Waals surface area contributed by atoms with Crippen molar-refractivity contribution >= 4 is 39.5 Å². The van der Waals surface area contributed by atoms with Crippen LogP contribution in [-0.2, 0) is 65.4 Å². The number of aliphatic hydroxyl groups excluding tert-OH is 1. The molecule has 17 nitrogen and oxygen atoms in total. The van der Waals surface area contributed by atoms with Crippen molar-refractivity contribution in [1.29, 1.82) is 0 Å². The maximum Gasteiger partial charge on any atom is 0.472 e. The Bertz CT molecular complexity index is 1600. The highest BCUT2D eigenvalue weighted by Crippen LogP contribution is 2.45. The average molecular weight is 1200 g/mol. The molecule has 480 valence electrons. The minimum Gasteiger partial charge on any atom is -0.462 e. The van der Waals surface area contributed by atoms with Crippen LogP contribution in [0.15, 0.2) is 0 Å². The minimum absolute atomic E-state index is 0.102. The van der Waals surface area contributed by atoms with Gasteiger partial charge in [0.1, 0.15) is 19.3 Å². The molecule has 3 N–H and O–H groups in total. The van der Waals surface area contributed by atoms with E-state index in [4.69, 9.17) is 37.0 Å². The predicted octanol–water partition coefficient (Wildman–Crippen LogP) is 16.9. The number of ether oxygens (including phenoxy) is 4. The van der Waals surface area contributed by atoms with Gasteiger partial charge in [0.2, 0.25) is 0 Å². The van der Waals surface area contributed by atoms with E-state index in [1.807, 2.05) is 0 Å². The van der Waals surface area contributed by atoms with Gasteiger partial charge < -0.3 is 33.8 Å². The number of carbonyl (C=O) groups is 4. The molecule has 0 aromatic rings. The molecule has 0 aliphatic heterocycles. The van der Waals surface area contributed by atoms with Crippen molar-refractivity contribution < 1.29 is 80.2 Å². The van der Waals surface area contributed by atoms with Gasteiger partial charge in [-0.1, -0.05) is 253 Å². The monoisotopic (exact) mass is 1200 g/mol. The first-order chi connectivity index (χ1) is 38.9. The van der Waals surface area contributed by atoms with Gasteiger partial charge in [0.15, 0.2) is 12.2 Å². The number of phosphoric ester groups is 2. The topological polar surface area (TPSA) is 237 Å². The maximum atomic E-state index is 12.9. The Labute approximate surface area is 492 Å². The number of unbranched alkanes of at least 4 members (excludes halogenated alkanes) is 31. The molecule has 0 spiro atoms. The highest BCUT2D eigenvalue weighted by atomic mass is 31.2. The molecular weight excluding hydrogens is 1080 g/mol. The summed E-state index contributed by atoms with van der Waals surface area (Å²) in [5, 5.41) is 10.5. The molecule has 0 rings (SSSR count). The molecule has 0 amide bonds. The summed E-state index contributed by atoms with van der Waals surface area (Å²) in [6, 6.07) is 0. The Morgan fingerprint density at radius 2 is 0.568 bits per heavy atom. The molecule has 0 aliphatic carbocycles. The van der Waals surface area contributed by atoms with E-state index in [0.717, 1.165) is 95.8 Å². The number of esters is 4. The molecule has 19 heteroatoms. The third kappa shape index (κ3) is 56.9. The lowest BCUT2D eigenvalue weighted by atomic mass is 10.0. The van der Waals surface area contributed by atoms with Crippen LogP contribution in [0.3, 0.4) is 0 Å². The van der Waals surface area contributed by atoms with Crippen molar-refractivity contribution in [2.24, 2.45) is 11.8 Å². The second-order valence-corrected chi connectivity index (χ2v) is 26.3. The van der Waals surface area contributed by atoms with Crippen molar-refractivity contribution in [1.82, 2.24) is 0 Å². The van der Waals surface area contributed by atoms with E-state index in [9.17, 15) is 43.2 Å². The first-order valence-electron chi connectivity index (χ1n) is 32.5. The molecule has 5 atom stereocenters. The van der Waals surface area contributed by atoms with E-state index in [-0.39, 0.29) is 25.7 Å². The van der Waals surface area contributed by atoms with E-state index >= 15 is 0 Å². The van der Waals surface area contributed by atoms with Crippen molar-refractivity contribution in [3.63, 3.8) is 0 Å². The zero-order valence-electron chi connectivity index (χ0n) is 52.1. The van der Waals surface area contributed by atoms with E-state index in [1.54, 1.807) is 0 Å². The molecule has 2 unspecified atom stereocenters. The van der Waals surface area contributed by atoms with E-state index in [0.29, 0.717) is 31.6 Å².